The first-order valence-electron chi connectivity index (χ1n) is 8.12. The van der Waals surface area contributed by atoms with Gasteiger partial charge in [0.1, 0.15) is 6.04 Å². The van der Waals surface area contributed by atoms with Gasteiger partial charge in [-0.3, -0.25) is 9.69 Å². The van der Waals surface area contributed by atoms with Gasteiger partial charge >= 0.3 is 6.03 Å². The Morgan fingerprint density at radius 1 is 1.48 bits per heavy atom. The van der Waals surface area contributed by atoms with Gasteiger partial charge in [0, 0.05) is 38.3 Å². The van der Waals surface area contributed by atoms with Crippen LogP contribution in [0, 0.1) is 0 Å². The summed E-state index contributed by atoms with van der Waals surface area (Å²) in [5.41, 5.74) is 0. The number of nitrogens with one attached hydrogen (secondary N) is 2. The summed E-state index contributed by atoms with van der Waals surface area (Å²) in [6, 6.07) is 0.768. The van der Waals surface area contributed by atoms with Crippen molar-refractivity contribution in [2.24, 2.45) is 0 Å². The Morgan fingerprint density at radius 3 is 2.76 bits per heavy atom. The molecule has 0 radical (unpaired) electrons. The van der Waals surface area contributed by atoms with Gasteiger partial charge < -0.3 is 15.5 Å². The Kier molecular flexibility index (Phi) is 5.45. The fourth-order valence-corrected chi connectivity index (χ4v) is 3.03. The van der Waals surface area contributed by atoms with Crippen LogP contribution >= 0.6 is 0 Å². The number of hydrogen-bond donors (Lipinski definition) is 2. The number of carbonyl (C=O) groups excluding carboxylic acids is 2. The van der Waals surface area contributed by atoms with Gasteiger partial charge in [-0.15, -0.1) is 0 Å². The Bertz CT molecular complexity index is 380. The van der Waals surface area contributed by atoms with Crippen molar-refractivity contribution in [1.29, 1.82) is 0 Å². The lowest BCUT2D eigenvalue weighted by atomic mass is 10.1. The summed E-state index contributed by atoms with van der Waals surface area (Å²) in [5, 5.41) is 5.78. The van der Waals surface area contributed by atoms with Crippen molar-refractivity contribution in [2.75, 3.05) is 26.2 Å². The van der Waals surface area contributed by atoms with E-state index in [1.807, 2.05) is 6.92 Å². The predicted octanol–water partition coefficient (Wildman–Crippen LogP) is 0.779. The van der Waals surface area contributed by atoms with Crippen molar-refractivity contribution in [3.05, 3.63) is 0 Å². The van der Waals surface area contributed by atoms with Crippen LogP contribution in [0.3, 0.4) is 0 Å². The molecule has 0 aromatic carbocycles. The van der Waals surface area contributed by atoms with Gasteiger partial charge in [0.25, 0.3) is 0 Å². The Morgan fingerprint density at radius 2 is 2.19 bits per heavy atom. The number of piperazine rings is 1. The number of rotatable bonds is 6. The molecule has 1 heterocycles. The smallest absolute Gasteiger partial charge is 0.318 e. The van der Waals surface area contributed by atoms with Crippen LogP contribution in [0.4, 0.5) is 4.79 Å². The molecule has 1 aliphatic heterocycles. The molecule has 0 aromatic heterocycles. The molecule has 1 aliphatic carbocycles. The van der Waals surface area contributed by atoms with E-state index in [1.54, 1.807) is 4.90 Å². The summed E-state index contributed by atoms with van der Waals surface area (Å²) in [6.07, 6.45) is 3.20. The van der Waals surface area contributed by atoms with Gasteiger partial charge in [0.2, 0.25) is 5.91 Å². The zero-order valence-corrected chi connectivity index (χ0v) is 13.4. The van der Waals surface area contributed by atoms with Crippen molar-refractivity contribution < 1.29 is 9.59 Å². The number of amides is 3. The maximum Gasteiger partial charge on any atom is 0.318 e. The average Bonchev–Trinajstić information content (AvgIpc) is 3.27. The van der Waals surface area contributed by atoms with Gasteiger partial charge in [-0.05, 0) is 33.1 Å². The third-order valence-corrected chi connectivity index (χ3v) is 4.30. The lowest BCUT2D eigenvalue weighted by Gasteiger charge is -2.34. The Labute approximate surface area is 127 Å². The van der Waals surface area contributed by atoms with Crippen LogP contribution < -0.4 is 10.6 Å². The van der Waals surface area contributed by atoms with E-state index < -0.39 is 0 Å². The second kappa shape index (κ2) is 7.11. The van der Waals surface area contributed by atoms with E-state index in [9.17, 15) is 9.59 Å². The molecule has 2 N–H and O–H groups in total. The van der Waals surface area contributed by atoms with E-state index in [0.29, 0.717) is 38.1 Å². The third kappa shape index (κ3) is 4.09. The van der Waals surface area contributed by atoms with Crippen LogP contribution in [0.25, 0.3) is 0 Å². The molecule has 0 spiro atoms. The van der Waals surface area contributed by atoms with Gasteiger partial charge in [-0.25, -0.2) is 4.79 Å². The highest BCUT2D eigenvalue weighted by molar-refractivity contribution is 5.88. The predicted molar refractivity (Wildman–Crippen MR) is 82.1 cm³/mol. The molecule has 0 aromatic rings. The summed E-state index contributed by atoms with van der Waals surface area (Å²) >= 11 is 0. The molecule has 1 saturated carbocycles. The molecule has 1 atom stereocenters. The minimum atomic E-state index is -0.330. The van der Waals surface area contributed by atoms with E-state index in [1.165, 1.54) is 12.8 Å². The molecule has 6 heteroatoms. The van der Waals surface area contributed by atoms with Crippen LogP contribution in [-0.4, -0.2) is 66.0 Å². The first kappa shape index (κ1) is 16.1. The van der Waals surface area contributed by atoms with E-state index >= 15 is 0 Å². The Hall–Kier alpha value is -1.30. The zero-order chi connectivity index (χ0) is 15.4. The molecular formula is C15H28N4O2. The SMILES string of the molecule is CC[C@@H]1C(=O)NCCN1C(=O)NCCN(C(C)C)C1CC1. The molecule has 1 saturated heterocycles. The maximum absolute atomic E-state index is 12.3. The first-order valence-corrected chi connectivity index (χ1v) is 8.12. The molecule has 2 rings (SSSR count). The topological polar surface area (TPSA) is 64.7 Å². The normalized spacial score (nSPS) is 22.6. The maximum atomic E-state index is 12.3. The van der Waals surface area contributed by atoms with Crippen LogP contribution in [0.1, 0.15) is 40.0 Å². The lowest BCUT2D eigenvalue weighted by molar-refractivity contribution is -0.127. The molecule has 3 amide bonds. The van der Waals surface area contributed by atoms with E-state index in [0.717, 1.165) is 6.54 Å². The molecule has 120 valence electrons. The van der Waals surface area contributed by atoms with Crippen LogP contribution in [0.2, 0.25) is 0 Å². The van der Waals surface area contributed by atoms with Crippen molar-refractivity contribution in [3.8, 4) is 0 Å². The van der Waals surface area contributed by atoms with E-state index in [2.05, 4.69) is 29.4 Å². The molecule has 2 fully saturated rings. The number of nitrogens with zero attached hydrogens (tertiary/aromatic N) is 2. The van der Waals surface area contributed by atoms with E-state index in [-0.39, 0.29) is 18.0 Å². The molecular weight excluding hydrogens is 268 g/mol. The van der Waals surface area contributed by atoms with Crippen LogP contribution in [0.15, 0.2) is 0 Å². The second-order valence-corrected chi connectivity index (χ2v) is 6.20. The molecule has 0 unspecified atom stereocenters. The third-order valence-electron chi connectivity index (χ3n) is 4.30. The van der Waals surface area contributed by atoms with Gasteiger partial charge in [-0.1, -0.05) is 6.92 Å². The summed E-state index contributed by atoms with van der Waals surface area (Å²) in [7, 11) is 0. The number of hydrogen-bond acceptors (Lipinski definition) is 3. The molecule has 6 nitrogen and oxygen atoms in total. The average molecular weight is 296 g/mol. The minimum Gasteiger partial charge on any atom is -0.353 e. The highest BCUT2D eigenvalue weighted by Crippen LogP contribution is 2.27. The van der Waals surface area contributed by atoms with E-state index in [4.69, 9.17) is 0 Å². The number of carbonyl (C=O) groups is 2. The van der Waals surface area contributed by atoms with Crippen LogP contribution in [-0.2, 0) is 4.79 Å². The summed E-state index contributed by atoms with van der Waals surface area (Å²) in [4.78, 5) is 28.1. The summed E-state index contributed by atoms with van der Waals surface area (Å²) in [6.45, 7) is 8.98. The zero-order valence-electron chi connectivity index (χ0n) is 13.4. The van der Waals surface area contributed by atoms with Gasteiger partial charge in [-0.2, -0.15) is 0 Å². The first-order chi connectivity index (χ1) is 10.0. The van der Waals surface area contributed by atoms with Crippen molar-refractivity contribution in [3.63, 3.8) is 0 Å². The van der Waals surface area contributed by atoms with Gasteiger partial charge in [0.05, 0.1) is 0 Å². The summed E-state index contributed by atoms with van der Waals surface area (Å²) in [5.74, 6) is -0.0410. The molecule has 2 aliphatic rings. The second-order valence-electron chi connectivity index (χ2n) is 6.20. The quantitative estimate of drug-likeness (QED) is 0.761. The van der Waals surface area contributed by atoms with Crippen LogP contribution in [0.5, 0.6) is 0 Å². The number of urea groups is 1. The highest BCUT2D eigenvalue weighted by atomic mass is 16.2. The monoisotopic (exact) mass is 296 g/mol. The fourth-order valence-electron chi connectivity index (χ4n) is 3.03. The standard InChI is InChI=1S/C15H28N4O2/c1-4-13-14(20)16-7-10-19(13)15(21)17-8-9-18(11(2)3)12-5-6-12/h11-13H,4-10H2,1-3H3,(H,16,20)(H,17,21)/t13-/m1/s1. The summed E-state index contributed by atoms with van der Waals surface area (Å²) < 4.78 is 0. The Balaban J connectivity index is 1.79. The molecule has 0 bridgehead atoms. The van der Waals surface area contributed by atoms with Crippen molar-refractivity contribution in [2.45, 2.75) is 58.2 Å². The minimum absolute atomic E-state index is 0.0410. The fraction of sp³-hybridized carbons (Fsp3) is 0.867. The molecule has 21 heavy (non-hydrogen) atoms. The lowest BCUT2D eigenvalue weighted by Crippen LogP contribution is -2.59. The van der Waals surface area contributed by atoms with Crippen molar-refractivity contribution in [1.82, 2.24) is 20.4 Å². The highest BCUT2D eigenvalue weighted by Gasteiger charge is 2.32. The van der Waals surface area contributed by atoms with Gasteiger partial charge in [0.15, 0.2) is 0 Å². The van der Waals surface area contributed by atoms with Crippen molar-refractivity contribution >= 4 is 11.9 Å². The largest absolute Gasteiger partial charge is 0.353 e.